The molecule has 3 nitrogen and oxygen atoms in total. The minimum atomic E-state index is -4.39. The molecule has 0 aliphatic carbocycles. The van der Waals surface area contributed by atoms with Crippen LogP contribution in [0.2, 0.25) is 0 Å². The normalized spacial score (nSPS) is 11.8. The van der Waals surface area contributed by atoms with Gasteiger partial charge in [0.05, 0.1) is 28.0 Å². The van der Waals surface area contributed by atoms with Gasteiger partial charge in [0.2, 0.25) is 0 Å². The van der Waals surface area contributed by atoms with Crippen LogP contribution in [0, 0.1) is 6.92 Å². The number of aryl methyl sites for hydroxylation is 2. The van der Waals surface area contributed by atoms with Crippen LogP contribution in [0.4, 0.5) is 18.9 Å². The summed E-state index contributed by atoms with van der Waals surface area (Å²) >= 11 is 6.34. The number of benzene rings is 1. The standard InChI is InChI=1S/C13H12Br2F3N3/c1-7-12(15)11(21(2)20-7)6-19-8-3-4-10(14)9(5-8)13(16,17)18/h3-5,19H,6H2,1-2H3. The van der Waals surface area contributed by atoms with Crippen LogP contribution in [0.5, 0.6) is 0 Å². The van der Waals surface area contributed by atoms with Crippen molar-refractivity contribution in [1.82, 2.24) is 9.78 Å². The Kier molecular flexibility index (Phi) is 4.67. The van der Waals surface area contributed by atoms with Crippen LogP contribution in [0.1, 0.15) is 17.0 Å². The van der Waals surface area contributed by atoms with Gasteiger partial charge in [0, 0.05) is 17.2 Å². The fourth-order valence-corrected chi connectivity index (χ4v) is 2.86. The van der Waals surface area contributed by atoms with Gasteiger partial charge < -0.3 is 5.32 Å². The summed E-state index contributed by atoms with van der Waals surface area (Å²) in [5, 5.41) is 7.22. The van der Waals surface area contributed by atoms with Crippen LogP contribution in [0.15, 0.2) is 27.1 Å². The molecule has 0 saturated carbocycles. The first-order chi connectivity index (χ1) is 9.70. The number of rotatable bonds is 3. The van der Waals surface area contributed by atoms with Crippen molar-refractivity contribution in [3.63, 3.8) is 0 Å². The lowest BCUT2D eigenvalue weighted by molar-refractivity contribution is -0.138. The third-order valence-corrected chi connectivity index (χ3v) is 4.72. The van der Waals surface area contributed by atoms with Gasteiger partial charge in [-0.15, -0.1) is 0 Å². The van der Waals surface area contributed by atoms with Gasteiger partial charge >= 0.3 is 6.18 Å². The van der Waals surface area contributed by atoms with E-state index in [0.717, 1.165) is 21.9 Å². The second-order valence-corrected chi connectivity index (χ2v) is 6.16. The van der Waals surface area contributed by atoms with E-state index in [2.05, 4.69) is 42.3 Å². The summed E-state index contributed by atoms with van der Waals surface area (Å²) in [7, 11) is 1.79. The second-order valence-electron chi connectivity index (χ2n) is 4.52. The Bertz CT molecular complexity index is 665. The van der Waals surface area contributed by atoms with Crippen molar-refractivity contribution in [1.29, 1.82) is 0 Å². The van der Waals surface area contributed by atoms with Crippen molar-refractivity contribution in [2.45, 2.75) is 19.6 Å². The van der Waals surface area contributed by atoms with Crippen molar-refractivity contribution in [2.75, 3.05) is 5.32 Å². The number of alkyl halides is 3. The fraction of sp³-hybridized carbons (Fsp3) is 0.308. The zero-order chi connectivity index (χ0) is 15.8. The lowest BCUT2D eigenvalue weighted by atomic mass is 10.2. The predicted molar refractivity (Wildman–Crippen MR) is 82.1 cm³/mol. The molecule has 0 aliphatic rings. The van der Waals surface area contributed by atoms with E-state index in [4.69, 9.17) is 0 Å². The van der Waals surface area contributed by atoms with Crippen molar-refractivity contribution in [2.24, 2.45) is 7.05 Å². The molecular weight excluding hydrogens is 415 g/mol. The molecule has 2 aromatic rings. The van der Waals surface area contributed by atoms with E-state index in [1.54, 1.807) is 17.8 Å². The summed E-state index contributed by atoms with van der Waals surface area (Å²) in [5.41, 5.74) is 1.40. The molecule has 0 unspecified atom stereocenters. The Hall–Kier alpha value is -1.02. The summed E-state index contributed by atoms with van der Waals surface area (Å²) in [6, 6.07) is 4.06. The first-order valence-electron chi connectivity index (χ1n) is 5.98. The smallest absolute Gasteiger partial charge is 0.379 e. The minimum absolute atomic E-state index is 0.0260. The van der Waals surface area contributed by atoms with Crippen molar-refractivity contribution in [3.8, 4) is 0 Å². The highest BCUT2D eigenvalue weighted by Crippen LogP contribution is 2.36. The molecule has 21 heavy (non-hydrogen) atoms. The molecule has 8 heteroatoms. The van der Waals surface area contributed by atoms with E-state index in [1.165, 1.54) is 6.07 Å². The molecule has 0 fully saturated rings. The lowest BCUT2D eigenvalue weighted by Crippen LogP contribution is -2.09. The number of aromatic nitrogens is 2. The van der Waals surface area contributed by atoms with Crippen LogP contribution in [-0.4, -0.2) is 9.78 Å². The molecule has 0 spiro atoms. The number of halogens is 5. The molecule has 0 bridgehead atoms. The van der Waals surface area contributed by atoms with Gasteiger partial charge in [0.1, 0.15) is 0 Å². The van der Waals surface area contributed by atoms with E-state index in [9.17, 15) is 13.2 Å². The number of nitrogens with one attached hydrogen (secondary N) is 1. The molecule has 1 aromatic heterocycles. The molecule has 114 valence electrons. The van der Waals surface area contributed by atoms with Crippen LogP contribution in [-0.2, 0) is 19.8 Å². The average molecular weight is 427 g/mol. The van der Waals surface area contributed by atoms with E-state index in [1.807, 2.05) is 6.92 Å². The number of anilines is 1. The van der Waals surface area contributed by atoms with Crippen molar-refractivity contribution in [3.05, 3.63) is 44.1 Å². The van der Waals surface area contributed by atoms with Gasteiger partial charge in [0.25, 0.3) is 0 Å². The summed E-state index contributed by atoms with van der Waals surface area (Å²) in [5.74, 6) is 0. The Balaban J connectivity index is 2.21. The third kappa shape index (κ3) is 3.60. The first-order valence-corrected chi connectivity index (χ1v) is 7.57. The molecule has 1 heterocycles. The van der Waals surface area contributed by atoms with Gasteiger partial charge in [-0.1, -0.05) is 15.9 Å². The molecule has 0 radical (unpaired) electrons. The number of hydrogen-bond acceptors (Lipinski definition) is 2. The summed E-state index contributed by atoms with van der Waals surface area (Å²) < 4.78 is 41.1. The maximum absolute atomic E-state index is 12.8. The van der Waals surface area contributed by atoms with Gasteiger partial charge in [-0.25, -0.2) is 0 Å². The minimum Gasteiger partial charge on any atom is -0.379 e. The molecule has 0 atom stereocenters. The number of hydrogen-bond donors (Lipinski definition) is 1. The summed E-state index contributed by atoms with van der Waals surface area (Å²) in [4.78, 5) is 0. The Labute approximate surface area is 136 Å². The largest absolute Gasteiger partial charge is 0.417 e. The molecular formula is C13H12Br2F3N3. The third-order valence-electron chi connectivity index (χ3n) is 2.99. The molecule has 0 saturated heterocycles. The maximum Gasteiger partial charge on any atom is 0.417 e. The summed E-state index contributed by atoms with van der Waals surface area (Å²) in [6.45, 7) is 2.23. The van der Waals surface area contributed by atoms with Crippen LogP contribution >= 0.6 is 31.9 Å². The van der Waals surface area contributed by atoms with E-state index >= 15 is 0 Å². The van der Waals surface area contributed by atoms with Crippen LogP contribution in [0.25, 0.3) is 0 Å². The topological polar surface area (TPSA) is 29.9 Å². The highest BCUT2D eigenvalue weighted by Gasteiger charge is 2.33. The van der Waals surface area contributed by atoms with E-state index < -0.39 is 11.7 Å². The quantitative estimate of drug-likeness (QED) is 0.757. The molecule has 0 amide bonds. The van der Waals surface area contributed by atoms with Crippen molar-refractivity contribution < 1.29 is 13.2 Å². The molecule has 0 aliphatic heterocycles. The SMILES string of the molecule is Cc1nn(C)c(CNc2ccc(Br)c(C(F)(F)F)c2)c1Br. The van der Waals surface area contributed by atoms with Gasteiger partial charge in [-0.3, -0.25) is 4.68 Å². The monoisotopic (exact) mass is 425 g/mol. The van der Waals surface area contributed by atoms with Gasteiger partial charge in [-0.05, 0) is 41.1 Å². The molecule has 1 N–H and O–H groups in total. The Morgan fingerprint density at radius 2 is 1.95 bits per heavy atom. The Morgan fingerprint density at radius 3 is 2.48 bits per heavy atom. The zero-order valence-corrected chi connectivity index (χ0v) is 14.4. The predicted octanol–water partition coefficient (Wildman–Crippen LogP) is 4.88. The highest BCUT2D eigenvalue weighted by molar-refractivity contribution is 9.10. The Morgan fingerprint density at radius 1 is 1.29 bits per heavy atom. The highest BCUT2D eigenvalue weighted by atomic mass is 79.9. The molecule has 2 rings (SSSR count). The second kappa shape index (κ2) is 6.00. The summed E-state index contributed by atoms with van der Waals surface area (Å²) in [6.07, 6.45) is -4.39. The zero-order valence-electron chi connectivity index (χ0n) is 11.2. The van der Waals surface area contributed by atoms with Gasteiger partial charge in [-0.2, -0.15) is 18.3 Å². The average Bonchev–Trinajstić information content (AvgIpc) is 2.61. The van der Waals surface area contributed by atoms with E-state index in [-0.39, 0.29) is 4.47 Å². The van der Waals surface area contributed by atoms with Crippen LogP contribution in [0.3, 0.4) is 0 Å². The van der Waals surface area contributed by atoms with E-state index in [0.29, 0.717) is 12.2 Å². The lowest BCUT2D eigenvalue weighted by Gasteiger charge is -2.13. The number of nitrogens with zero attached hydrogens (tertiary/aromatic N) is 2. The van der Waals surface area contributed by atoms with Crippen molar-refractivity contribution >= 4 is 37.5 Å². The first kappa shape index (κ1) is 16.4. The van der Waals surface area contributed by atoms with Crippen LogP contribution < -0.4 is 5.32 Å². The fourth-order valence-electron chi connectivity index (χ4n) is 1.91. The molecule has 1 aromatic carbocycles. The van der Waals surface area contributed by atoms with Gasteiger partial charge in [0.15, 0.2) is 0 Å². The maximum atomic E-state index is 12.8.